The average Bonchev–Trinajstić information content (AvgIpc) is 2.55. The number of amides is 1. The molecule has 3 nitrogen and oxygen atoms in total. The highest BCUT2D eigenvalue weighted by Crippen LogP contribution is 2.34. The van der Waals surface area contributed by atoms with E-state index in [4.69, 9.17) is 5.26 Å². The number of hydrogen-bond acceptors (Lipinski definition) is 2. The minimum Gasteiger partial charge on any atom is -0.342 e. The van der Waals surface area contributed by atoms with Crippen LogP contribution in [0.5, 0.6) is 0 Å². The van der Waals surface area contributed by atoms with E-state index in [-0.39, 0.29) is 11.3 Å². The number of unbranched alkanes of at least 4 members (excludes halogenated alkanes) is 2. The van der Waals surface area contributed by atoms with Crippen molar-refractivity contribution < 1.29 is 4.79 Å². The minimum absolute atomic E-state index is 0.219. The molecule has 90 valence electrons. The molecule has 0 aromatic heterocycles. The Kier molecular flexibility index (Phi) is 4.35. The Bertz CT molecular complexity index is 285. The predicted molar refractivity (Wildman–Crippen MR) is 63.6 cm³/mol. The Morgan fingerprint density at radius 1 is 1.44 bits per heavy atom. The van der Waals surface area contributed by atoms with Gasteiger partial charge in [0, 0.05) is 25.9 Å². The molecule has 1 amide bonds. The van der Waals surface area contributed by atoms with Gasteiger partial charge < -0.3 is 4.90 Å². The van der Waals surface area contributed by atoms with Crippen molar-refractivity contribution in [2.75, 3.05) is 13.1 Å². The summed E-state index contributed by atoms with van der Waals surface area (Å²) in [6, 6.07) is 2.13. The third-order valence-electron chi connectivity index (χ3n) is 3.41. The first-order valence-electron chi connectivity index (χ1n) is 6.10. The fourth-order valence-corrected chi connectivity index (χ4v) is 2.08. The molecule has 0 aromatic rings. The van der Waals surface area contributed by atoms with E-state index >= 15 is 0 Å². The van der Waals surface area contributed by atoms with Crippen molar-refractivity contribution >= 4 is 5.91 Å². The second-order valence-corrected chi connectivity index (χ2v) is 5.72. The van der Waals surface area contributed by atoms with Crippen molar-refractivity contribution in [3.05, 3.63) is 0 Å². The third kappa shape index (κ3) is 3.52. The predicted octanol–water partition coefficient (Wildman–Crippen LogP) is 2.57. The van der Waals surface area contributed by atoms with Gasteiger partial charge in [0.2, 0.25) is 5.91 Å². The summed E-state index contributed by atoms with van der Waals surface area (Å²) in [6.07, 6.45) is 3.16. The number of carbonyl (C=O) groups is 1. The zero-order valence-corrected chi connectivity index (χ0v) is 10.6. The highest BCUT2D eigenvalue weighted by Gasteiger charge is 2.36. The van der Waals surface area contributed by atoms with E-state index in [1.807, 2.05) is 4.90 Å². The molecule has 1 aliphatic heterocycles. The molecule has 1 fully saturated rings. The number of nitrogens with zero attached hydrogens (tertiary/aromatic N) is 2. The molecule has 1 unspecified atom stereocenters. The number of rotatable bonds is 4. The first-order chi connectivity index (χ1) is 7.45. The molecule has 16 heavy (non-hydrogen) atoms. The van der Waals surface area contributed by atoms with E-state index in [1.54, 1.807) is 0 Å². The van der Waals surface area contributed by atoms with Crippen molar-refractivity contribution in [1.29, 1.82) is 5.26 Å². The summed E-state index contributed by atoms with van der Waals surface area (Å²) >= 11 is 0. The van der Waals surface area contributed by atoms with Crippen LogP contribution in [-0.4, -0.2) is 23.9 Å². The molecule has 0 bridgehead atoms. The maximum absolute atomic E-state index is 11.8. The van der Waals surface area contributed by atoms with Crippen LogP contribution < -0.4 is 0 Å². The SMILES string of the molecule is CC(C)(C)C1CC(=O)N(CCCCC#N)C1. The van der Waals surface area contributed by atoms with Crippen LogP contribution in [0.2, 0.25) is 0 Å². The van der Waals surface area contributed by atoms with Crippen molar-refractivity contribution in [3.63, 3.8) is 0 Å². The lowest BCUT2D eigenvalue weighted by molar-refractivity contribution is -0.127. The molecular weight excluding hydrogens is 200 g/mol. The van der Waals surface area contributed by atoms with Gasteiger partial charge in [-0.25, -0.2) is 0 Å². The van der Waals surface area contributed by atoms with Crippen LogP contribution in [0.25, 0.3) is 0 Å². The van der Waals surface area contributed by atoms with E-state index in [9.17, 15) is 4.79 Å². The monoisotopic (exact) mass is 222 g/mol. The van der Waals surface area contributed by atoms with E-state index in [0.29, 0.717) is 18.8 Å². The topological polar surface area (TPSA) is 44.1 Å². The number of hydrogen-bond donors (Lipinski definition) is 0. The van der Waals surface area contributed by atoms with Gasteiger partial charge in [0.25, 0.3) is 0 Å². The first kappa shape index (κ1) is 13.0. The normalized spacial score (nSPS) is 21.2. The first-order valence-corrected chi connectivity index (χ1v) is 6.10. The van der Waals surface area contributed by atoms with Crippen LogP contribution in [0.3, 0.4) is 0 Å². The second kappa shape index (κ2) is 5.34. The lowest BCUT2D eigenvalue weighted by atomic mass is 9.80. The quantitative estimate of drug-likeness (QED) is 0.686. The molecule has 3 heteroatoms. The Balaban J connectivity index is 2.35. The molecule has 0 aromatic carbocycles. The summed E-state index contributed by atoms with van der Waals surface area (Å²) < 4.78 is 0. The summed E-state index contributed by atoms with van der Waals surface area (Å²) in [6.45, 7) is 8.32. The fourth-order valence-electron chi connectivity index (χ4n) is 2.08. The van der Waals surface area contributed by atoms with Crippen LogP contribution in [-0.2, 0) is 4.79 Å². The lowest BCUT2D eigenvalue weighted by Gasteiger charge is -2.26. The van der Waals surface area contributed by atoms with Gasteiger partial charge >= 0.3 is 0 Å². The minimum atomic E-state index is 0.219. The highest BCUT2D eigenvalue weighted by atomic mass is 16.2. The largest absolute Gasteiger partial charge is 0.342 e. The number of carbonyl (C=O) groups excluding carboxylic acids is 1. The zero-order chi connectivity index (χ0) is 12.2. The Hall–Kier alpha value is -1.04. The van der Waals surface area contributed by atoms with E-state index in [2.05, 4.69) is 26.8 Å². The van der Waals surface area contributed by atoms with Gasteiger partial charge in [-0.3, -0.25) is 4.79 Å². The molecule has 1 aliphatic rings. The van der Waals surface area contributed by atoms with Crippen LogP contribution in [0.15, 0.2) is 0 Å². The van der Waals surface area contributed by atoms with Gasteiger partial charge in [-0.05, 0) is 24.2 Å². The molecule has 1 saturated heterocycles. The number of nitriles is 1. The summed E-state index contributed by atoms with van der Waals surface area (Å²) in [5.41, 5.74) is 0.219. The summed E-state index contributed by atoms with van der Waals surface area (Å²) in [7, 11) is 0. The van der Waals surface area contributed by atoms with Crippen LogP contribution >= 0.6 is 0 Å². The van der Waals surface area contributed by atoms with Gasteiger partial charge in [0.15, 0.2) is 0 Å². The van der Waals surface area contributed by atoms with Gasteiger partial charge in [-0.15, -0.1) is 0 Å². The van der Waals surface area contributed by atoms with Crippen LogP contribution in [0.4, 0.5) is 0 Å². The van der Waals surface area contributed by atoms with Crippen molar-refractivity contribution in [1.82, 2.24) is 4.90 Å². The Morgan fingerprint density at radius 2 is 2.12 bits per heavy atom. The van der Waals surface area contributed by atoms with Crippen LogP contribution in [0, 0.1) is 22.7 Å². The van der Waals surface area contributed by atoms with Crippen molar-refractivity contribution in [3.8, 4) is 6.07 Å². The molecule has 1 atom stereocenters. The molecule has 1 heterocycles. The maximum Gasteiger partial charge on any atom is 0.222 e. The molecule has 0 N–H and O–H groups in total. The number of likely N-dealkylation sites (tertiary alicyclic amines) is 1. The summed E-state index contributed by atoms with van der Waals surface area (Å²) in [5.74, 6) is 0.771. The lowest BCUT2D eigenvalue weighted by Crippen LogP contribution is -2.28. The molecular formula is C13H22N2O. The van der Waals surface area contributed by atoms with Gasteiger partial charge in [0.05, 0.1) is 6.07 Å². The fraction of sp³-hybridized carbons (Fsp3) is 0.846. The average molecular weight is 222 g/mol. The molecule has 0 radical (unpaired) electrons. The van der Waals surface area contributed by atoms with E-state index in [1.165, 1.54) is 0 Å². The second-order valence-electron chi connectivity index (χ2n) is 5.72. The molecule has 1 rings (SSSR count). The standard InChI is InChI=1S/C13H22N2O/c1-13(2,3)11-9-12(16)15(10-11)8-6-4-5-7-14/h11H,4-6,8-10H2,1-3H3. The third-order valence-corrected chi connectivity index (χ3v) is 3.41. The smallest absolute Gasteiger partial charge is 0.222 e. The van der Waals surface area contributed by atoms with Crippen molar-refractivity contribution in [2.45, 2.75) is 46.5 Å². The van der Waals surface area contributed by atoms with Gasteiger partial charge in [-0.1, -0.05) is 20.8 Å². The maximum atomic E-state index is 11.8. The van der Waals surface area contributed by atoms with Crippen molar-refractivity contribution in [2.24, 2.45) is 11.3 Å². The molecule has 0 aliphatic carbocycles. The molecule has 0 spiro atoms. The van der Waals surface area contributed by atoms with Gasteiger partial charge in [0.1, 0.15) is 0 Å². The molecule has 0 saturated carbocycles. The Morgan fingerprint density at radius 3 is 2.62 bits per heavy atom. The van der Waals surface area contributed by atoms with Crippen LogP contribution in [0.1, 0.15) is 46.5 Å². The van der Waals surface area contributed by atoms with Gasteiger partial charge in [-0.2, -0.15) is 5.26 Å². The van der Waals surface area contributed by atoms with E-state index < -0.39 is 0 Å². The Labute approximate surface area is 98.4 Å². The van der Waals surface area contributed by atoms with E-state index in [0.717, 1.165) is 25.9 Å². The summed E-state index contributed by atoms with van der Waals surface area (Å²) in [5, 5.41) is 8.43. The summed E-state index contributed by atoms with van der Waals surface area (Å²) in [4.78, 5) is 13.7. The zero-order valence-electron chi connectivity index (χ0n) is 10.6. The highest BCUT2D eigenvalue weighted by molar-refractivity contribution is 5.78.